The summed E-state index contributed by atoms with van der Waals surface area (Å²) in [6.45, 7) is 2.52. The molecule has 7 heteroatoms. The number of ether oxygens (including phenoxy) is 1. The number of fused-ring (bicyclic) bond motifs is 2. The molecule has 32 heavy (non-hydrogen) atoms. The zero-order valence-electron chi connectivity index (χ0n) is 18.1. The van der Waals surface area contributed by atoms with Crippen LogP contribution in [0.5, 0.6) is 0 Å². The van der Waals surface area contributed by atoms with Crippen molar-refractivity contribution in [3.8, 4) is 0 Å². The number of piperidine rings is 1. The van der Waals surface area contributed by atoms with E-state index in [-0.39, 0.29) is 30.9 Å². The molecule has 0 aliphatic carbocycles. The summed E-state index contributed by atoms with van der Waals surface area (Å²) in [5.41, 5.74) is 4.46. The number of amides is 2. The average molecular weight is 433 g/mol. The lowest BCUT2D eigenvalue weighted by Gasteiger charge is -2.32. The van der Waals surface area contributed by atoms with Crippen LogP contribution in [-0.2, 0) is 27.3 Å². The number of aromatic nitrogens is 2. The molecule has 2 aromatic carbocycles. The van der Waals surface area contributed by atoms with Gasteiger partial charge in [-0.1, -0.05) is 36.4 Å². The number of nitrogens with zero attached hydrogens (tertiary/aromatic N) is 3. The molecule has 0 radical (unpaired) electrons. The smallest absolute Gasteiger partial charge is 0.248 e. The molecule has 3 heterocycles. The molecule has 3 aromatic rings. The summed E-state index contributed by atoms with van der Waals surface area (Å²) in [4.78, 5) is 37.0. The quantitative estimate of drug-likeness (QED) is 0.673. The normalized spacial score (nSPS) is 18.6. The summed E-state index contributed by atoms with van der Waals surface area (Å²) in [5, 5.41) is 0. The predicted molar refractivity (Wildman–Crippen MR) is 121 cm³/mol. The van der Waals surface area contributed by atoms with E-state index in [1.54, 1.807) is 0 Å². The zero-order chi connectivity index (χ0) is 21.9. The summed E-state index contributed by atoms with van der Waals surface area (Å²) < 4.78 is 5.53. The third-order valence-electron chi connectivity index (χ3n) is 6.50. The second-order valence-corrected chi connectivity index (χ2v) is 8.64. The van der Waals surface area contributed by atoms with Gasteiger partial charge in [0.1, 0.15) is 19.0 Å². The van der Waals surface area contributed by atoms with Gasteiger partial charge >= 0.3 is 0 Å². The summed E-state index contributed by atoms with van der Waals surface area (Å²) in [5.74, 6) is 0.994. The number of imidazole rings is 1. The summed E-state index contributed by atoms with van der Waals surface area (Å²) in [6, 6.07) is 16.2. The maximum atomic E-state index is 12.7. The number of rotatable bonds is 5. The zero-order valence-corrected chi connectivity index (χ0v) is 18.1. The van der Waals surface area contributed by atoms with Crippen molar-refractivity contribution in [1.82, 2.24) is 19.8 Å². The molecule has 1 aromatic heterocycles. The van der Waals surface area contributed by atoms with Crippen LogP contribution < -0.4 is 0 Å². The van der Waals surface area contributed by atoms with Gasteiger partial charge in [0.2, 0.25) is 11.8 Å². The van der Waals surface area contributed by atoms with Gasteiger partial charge in [-0.15, -0.1) is 0 Å². The summed E-state index contributed by atoms with van der Waals surface area (Å²) in [6.07, 6.45) is 2.79. The van der Waals surface area contributed by atoms with Crippen molar-refractivity contribution in [1.29, 1.82) is 0 Å². The maximum Gasteiger partial charge on any atom is 0.248 e. The molecule has 5 rings (SSSR count). The van der Waals surface area contributed by atoms with Crippen molar-refractivity contribution in [3.63, 3.8) is 0 Å². The molecule has 0 saturated carbocycles. The first-order chi connectivity index (χ1) is 15.7. The van der Waals surface area contributed by atoms with Gasteiger partial charge in [0.05, 0.1) is 11.0 Å². The molecule has 1 unspecified atom stereocenters. The van der Waals surface area contributed by atoms with Gasteiger partial charge in [0.25, 0.3) is 0 Å². The predicted octanol–water partition coefficient (Wildman–Crippen LogP) is 2.87. The number of hydrogen-bond donors (Lipinski definition) is 1. The van der Waals surface area contributed by atoms with E-state index in [0.29, 0.717) is 19.6 Å². The Balaban J connectivity index is 1.11. The standard InChI is InChI=1S/C25H28N4O3/c30-23(16-32-17-24(31)29-13-11-18-6-1-2-7-19(18)14-29)28-12-5-8-20(15-28)25-26-21-9-3-4-10-22(21)27-25/h1-4,6-7,9-10,20H,5,8,11-17H2,(H,26,27). The minimum absolute atomic E-state index is 0.0608. The Morgan fingerprint density at radius 2 is 1.72 bits per heavy atom. The Morgan fingerprint density at radius 1 is 0.969 bits per heavy atom. The van der Waals surface area contributed by atoms with Crippen molar-refractivity contribution >= 4 is 22.8 Å². The molecule has 0 bridgehead atoms. The van der Waals surface area contributed by atoms with Crippen molar-refractivity contribution in [3.05, 3.63) is 65.5 Å². The maximum absolute atomic E-state index is 12.7. The molecule has 1 fully saturated rings. The second kappa shape index (κ2) is 9.12. The number of carbonyl (C=O) groups excluding carboxylic acids is 2. The van der Waals surface area contributed by atoms with Gasteiger partial charge < -0.3 is 19.5 Å². The molecule has 1 N–H and O–H groups in total. The van der Waals surface area contributed by atoms with Crippen molar-refractivity contribution in [2.75, 3.05) is 32.8 Å². The molecule has 2 aliphatic heterocycles. The van der Waals surface area contributed by atoms with Crippen LogP contribution in [0.2, 0.25) is 0 Å². The van der Waals surface area contributed by atoms with Gasteiger partial charge in [-0.3, -0.25) is 9.59 Å². The van der Waals surface area contributed by atoms with E-state index in [2.05, 4.69) is 17.1 Å². The summed E-state index contributed by atoms with van der Waals surface area (Å²) in [7, 11) is 0. The van der Waals surface area contributed by atoms with Gasteiger partial charge in [-0.2, -0.15) is 0 Å². The highest BCUT2D eigenvalue weighted by atomic mass is 16.5. The number of H-pyrrole nitrogens is 1. The van der Waals surface area contributed by atoms with E-state index in [1.807, 2.05) is 46.2 Å². The van der Waals surface area contributed by atoms with Crippen molar-refractivity contribution in [2.24, 2.45) is 0 Å². The molecule has 7 nitrogen and oxygen atoms in total. The lowest BCUT2D eigenvalue weighted by Crippen LogP contribution is -2.42. The van der Waals surface area contributed by atoms with Crippen LogP contribution in [0.4, 0.5) is 0 Å². The first-order valence-corrected chi connectivity index (χ1v) is 11.3. The number of benzene rings is 2. The van der Waals surface area contributed by atoms with E-state index in [4.69, 9.17) is 9.72 Å². The van der Waals surface area contributed by atoms with Gasteiger partial charge in [0.15, 0.2) is 0 Å². The molecule has 1 saturated heterocycles. The first-order valence-electron chi connectivity index (χ1n) is 11.3. The van der Waals surface area contributed by atoms with Gasteiger partial charge in [-0.25, -0.2) is 4.98 Å². The van der Waals surface area contributed by atoms with Crippen molar-refractivity contribution < 1.29 is 14.3 Å². The van der Waals surface area contributed by atoms with E-state index >= 15 is 0 Å². The van der Waals surface area contributed by atoms with Crippen LogP contribution >= 0.6 is 0 Å². The Kier molecular flexibility index (Phi) is 5.90. The number of likely N-dealkylation sites (tertiary alicyclic amines) is 1. The van der Waals surface area contributed by atoms with Crippen LogP contribution in [0.1, 0.15) is 35.7 Å². The third kappa shape index (κ3) is 4.39. The molecule has 2 amide bonds. The van der Waals surface area contributed by atoms with Crippen LogP contribution in [0.3, 0.4) is 0 Å². The van der Waals surface area contributed by atoms with E-state index in [9.17, 15) is 9.59 Å². The highest BCUT2D eigenvalue weighted by molar-refractivity contribution is 5.80. The fourth-order valence-electron chi connectivity index (χ4n) is 4.71. The Hall–Kier alpha value is -3.19. The number of nitrogens with one attached hydrogen (secondary N) is 1. The molecule has 0 spiro atoms. The lowest BCUT2D eigenvalue weighted by atomic mass is 9.97. The minimum Gasteiger partial charge on any atom is -0.362 e. The molecule has 2 aliphatic rings. The average Bonchev–Trinajstić information content (AvgIpc) is 3.28. The largest absolute Gasteiger partial charge is 0.362 e. The topological polar surface area (TPSA) is 78.5 Å². The monoisotopic (exact) mass is 432 g/mol. The third-order valence-corrected chi connectivity index (χ3v) is 6.50. The number of carbonyl (C=O) groups is 2. The number of para-hydroxylation sites is 2. The van der Waals surface area contributed by atoms with Crippen molar-refractivity contribution in [2.45, 2.75) is 31.7 Å². The summed E-state index contributed by atoms with van der Waals surface area (Å²) >= 11 is 0. The van der Waals surface area contributed by atoms with E-state index < -0.39 is 0 Å². The fraction of sp³-hybridized carbons (Fsp3) is 0.400. The lowest BCUT2D eigenvalue weighted by molar-refractivity contribution is -0.143. The van der Waals surface area contributed by atoms with Gasteiger partial charge in [-0.05, 0) is 42.5 Å². The molecular formula is C25H28N4O3. The van der Waals surface area contributed by atoms with Crippen LogP contribution in [-0.4, -0.2) is 64.4 Å². The SMILES string of the molecule is O=C(COCC(=O)N1CCCC(c2nc3ccccc3[nH]2)C1)N1CCc2ccccc2C1. The highest BCUT2D eigenvalue weighted by Gasteiger charge is 2.27. The molecule has 1 atom stereocenters. The minimum atomic E-state index is -0.0670. The van der Waals surface area contributed by atoms with Crippen LogP contribution in [0.25, 0.3) is 11.0 Å². The first kappa shape index (κ1) is 20.7. The Labute approximate surface area is 187 Å². The Bertz CT molecular complexity index is 1090. The fourth-order valence-corrected chi connectivity index (χ4v) is 4.71. The molecule has 166 valence electrons. The van der Waals surface area contributed by atoms with E-state index in [1.165, 1.54) is 11.1 Å². The number of aromatic amines is 1. The number of hydrogen-bond acceptors (Lipinski definition) is 4. The van der Waals surface area contributed by atoms with E-state index in [0.717, 1.165) is 42.7 Å². The van der Waals surface area contributed by atoms with Crippen LogP contribution in [0.15, 0.2) is 48.5 Å². The second-order valence-electron chi connectivity index (χ2n) is 8.64. The molecular weight excluding hydrogens is 404 g/mol. The van der Waals surface area contributed by atoms with Gasteiger partial charge in [0, 0.05) is 32.1 Å². The Morgan fingerprint density at radius 3 is 2.56 bits per heavy atom. The van der Waals surface area contributed by atoms with Crippen LogP contribution in [0, 0.1) is 0 Å². The highest BCUT2D eigenvalue weighted by Crippen LogP contribution is 2.27.